The molecule has 276 valence electrons. The predicted molar refractivity (Wildman–Crippen MR) is 199 cm³/mol. The van der Waals surface area contributed by atoms with Crippen molar-refractivity contribution in [2.75, 3.05) is 25.0 Å². The van der Waals surface area contributed by atoms with Crippen molar-refractivity contribution in [3.05, 3.63) is 58.4 Å². The van der Waals surface area contributed by atoms with Crippen LogP contribution in [0.1, 0.15) is 111 Å². The fourth-order valence-corrected chi connectivity index (χ4v) is 5.84. The summed E-state index contributed by atoms with van der Waals surface area (Å²) in [6.45, 7) is 20.6. The Bertz CT molecular complexity index is 1710. The standard InChI is InChI=1S/C39H54N6O6/c1-11-16-44(17-12-2)33(46)26-19-25-13-14-28(22-31(25)42-32(21-26)43-35(48)50-37(3,4)5)39(9,10)34(47)41-29-20-27-24-45(18-15-30(27)40-23-29)36(49)51-38(6,7)8/h13-14,19-20,22-23H,11-12,15-18,21,24H2,1-10H3,(H,41,47)(H,42,43,48). The SMILES string of the molecule is CCCN(CCC)C(=O)C1=Cc2ccc(C(C)(C)C(=O)Nc3cnc4c(c3)CN(C(=O)OC(C)(C)C)CC4)cc2N=C(NC(=O)OC(C)(C)C)C1. The van der Waals surface area contributed by atoms with Gasteiger partial charge in [0.2, 0.25) is 11.8 Å². The number of carbonyl (C=O) groups excluding carboxylic acids is 4. The van der Waals surface area contributed by atoms with Crippen LogP contribution in [0.3, 0.4) is 0 Å². The van der Waals surface area contributed by atoms with Crippen LogP contribution in [0.15, 0.2) is 41.0 Å². The van der Waals surface area contributed by atoms with E-state index in [-0.39, 0.29) is 30.2 Å². The van der Waals surface area contributed by atoms with Crippen molar-refractivity contribution >= 4 is 47.3 Å². The van der Waals surface area contributed by atoms with Gasteiger partial charge in [-0.2, -0.15) is 0 Å². The Kier molecular flexibility index (Phi) is 12.0. The van der Waals surface area contributed by atoms with Crippen molar-refractivity contribution in [3.63, 3.8) is 0 Å². The van der Waals surface area contributed by atoms with E-state index in [1.165, 1.54) is 0 Å². The summed E-state index contributed by atoms with van der Waals surface area (Å²) in [5, 5.41) is 5.78. The Balaban J connectivity index is 1.61. The smallest absolute Gasteiger partial charge is 0.413 e. The lowest BCUT2D eigenvalue weighted by Gasteiger charge is -2.31. The zero-order chi connectivity index (χ0) is 37.7. The van der Waals surface area contributed by atoms with Crippen LogP contribution in [0.25, 0.3) is 6.08 Å². The second-order valence-corrected chi connectivity index (χ2v) is 15.7. The first-order chi connectivity index (χ1) is 23.8. The van der Waals surface area contributed by atoms with E-state index in [9.17, 15) is 19.2 Å². The first-order valence-corrected chi connectivity index (χ1v) is 17.8. The highest BCUT2D eigenvalue weighted by molar-refractivity contribution is 6.08. The Labute approximate surface area is 302 Å². The number of alkyl carbamates (subject to hydrolysis) is 1. The van der Waals surface area contributed by atoms with Crippen molar-refractivity contribution < 1.29 is 28.7 Å². The number of nitrogens with one attached hydrogen (secondary N) is 2. The minimum atomic E-state index is -1.02. The lowest BCUT2D eigenvalue weighted by Crippen LogP contribution is -2.40. The van der Waals surface area contributed by atoms with Gasteiger partial charge in [0.05, 0.1) is 29.5 Å². The van der Waals surface area contributed by atoms with Crippen LogP contribution in [0, 0.1) is 0 Å². The molecule has 3 heterocycles. The molecule has 2 aromatic rings. The van der Waals surface area contributed by atoms with Gasteiger partial charge in [0.25, 0.3) is 0 Å². The van der Waals surface area contributed by atoms with Gasteiger partial charge in [-0.3, -0.25) is 19.9 Å². The Morgan fingerprint density at radius 2 is 1.57 bits per heavy atom. The van der Waals surface area contributed by atoms with Crippen molar-refractivity contribution in [3.8, 4) is 0 Å². The average Bonchev–Trinajstić information content (AvgIpc) is 3.20. The van der Waals surface area contributed by atoms with Gasteiger partial charge in [0.15, 0.2) is 0 Å². The number of aromatic nitrogens is 1. The molecule has 2 aliphatic heterocycles. The summed E-state index contributed by atoms with van der Waals surface area (Å²) in [5.74, 6) is -0.104. The van der Waals surface area contributed by atoms with E-state index in [1.54, 1.807) is 31.9 Å². The lowest BCUT2D eigenvalue weighted by molar-refractivity contribution is -0.127. The topological polar surface area (TPSA) is 143 Å². The molecule has 0 saturated carbocycles. The summed E-state index contributed by atoms with van der Waals surface area (Å²) in [4.78, 5) is 66.0. The van der Waals surface area contributed by atoms with E-state index in [4.69, 9.17) is 14.5 Å². The molecule has 12 nitrogen and oxygen atoms in total. The van der Waals surface area contributed by atoms with Crippen LogP contribution < -0.4 is 10.6 Å². The van der Waals surface area contributed by atoms with Crippen LogP contribution in [0.4, 0.5) is 21.0 Å². The molecule has 0 unspecified atom stereocenters. The second-order valence-electron chi connectivity index (χ2n) is 15.7. The fourth-order valence-electron chi connectivity index (χ4n) is 5.84. The molecule has 1 aromatic carbocycles. The third-order valence-electron chi connectivity index (χ3n) is 8.41. The first kappa shape index (κ1) is 39.1. The minimum Gasteiger partial charge on any atom is -0.444 e. The maximum Gasteiger partial charge on any atom is 0.413 e. The molecule has 0 saturated heterocycles. The number of benzene rings is 1. The maximum absolute atomic E-state index is 13.9. The number of carbonyl (C=O) groups is 4. The molecular formula is C39H54N6O6. The molecule has 4 amide bonds. The number of nitrogens with zero attached hydrogens (tertiary/aromatic N) is 4. The number of rotatable bonds is 8. The highest BCUT2D eigenvalue weighted by Crippen LogP contribution is 2.34. The molecule has 12 heteroatoms. The Morgan fingerprint density at radius 1 is 0.902 bits per heavy atom. The van der Waals surface area contributed by atoms with Gasteiger partial charge in [-0.05, 0) is 97.6 Å². The summed E-state index contributed by atoms with van der Waals surface area (Å²) < 4.78 is 11.1. The molecule has 0 radical (unpaired) electrons. The highest BCUT2D eigenvalue weighted by atomic mass is 16.6. The van der Waals surface area contributed by atoms with E-state index < -0.39 is 22.7 Å². The van der Waals surface area contributed by atoms with E-state index in [1.807, 2.05) is 83.7 Å². The van der Waals surface area contributed by atoms with Crippen LogP contribution in [-0.2, 0) is 37.4 Å². The van der Waals surface area contributed by atoms with Gasteiger partial charge >= 0.3 is 12.2 Å². The third-order valence-corrected chi connectivity index (χ3v) is 8.41. The molecular weight excluding hydrogens is 648 g/mol. The number of fused-ring (bicyclic) bond motifs is 2. The van der Waals surface area contributed by atoms with Gasteiger partial charge in [-0.25, -0.2) is 14.6 Å². The van der Waals surface area contributed by atoms with Crippen molar-refractivity contribution in [1.29, 1.82) is 0 Å². The largest absolute Gasteiger partial charge is 0.444 e. The molecule has 1 aromatic heterocycles. The molecule has 0 fully saturated rings. The van der Waals surface area contributed by atoms with Crippen LogP contribution in [-0.4, -0.2) is 75.5 Å². The first-order valence-electron chi connectivity index (χ1n) is 17.8. The van der Waals surface area contributed by atoms with Gasteiger partial charge in [0.1, 0.15) is 17.0 Å². The molecule has 0 aliphatic carbocycles. The number of amides is 4. The van der Waals surface area contributed by atoms with Crippen LogP contribution >= 0.6 is 0 Å². The van der Waals surface area contributed by atoms with Crippen LogP contribution in [0.2, 0.25) is 0 Å². The maximum atomic E-state index is 13.9. The van der Waals surface area contributed by atoms with E-state index in [0.29, 0.717) is 60.7 Å². The summed E-state index contributed by atoms with van der Waals surface area (Å²) in [6, 6.07) is 7.38. The van der Waals surface area contributed by atoms with Crippen molar-refractivity contribution in [1.82, 2.24) is 20.1 Å². The van der Waals surface area contributed by atoms with Gasteiger partial charge < -0.3 is 24.6 Å². The third kappa shape index (κ3) is 10.4. The van der Waals surface area contributed by atoms with Crippen LogP contribution in [0.5, 0.6) is 0 Å². The monoisotopic (exact) mass is 702 g/mol. The van der Waals surface area contributed by atoms with E-state index in [0.717, 1.165) is 24.1 Å². The molecule has 4 rings (SSSR count). The second kappa shape index (κ2) is 15.7. The van der Waals surface area contributed by atoms with Crippen molar-refractivity contribution in [2.24, 2.45) is 4.99 Å². The zero-order valence-electron chi connectivity index (χ0n) is 31.9. The molecule has 2 N–H and O–H groups in total. The summed E-state index contributed by atoms with van der Waals surface area (Å²) in [7, 11) is 0. The minimum absolute atomic E-state index is 0.104. The summed E-state index contributed by atoms with van der Waals surface area (Å²) in [5.41, 5.74) is 2.29. The normalized spacial score (nSPS) is 14.6. The molecule has 0 spiro atoms. The van der Waals surface area contributed by atoms with Gasteiger partial charge in [-0.1, -0.05) is 26.0 Å². The van der Waals surface area contributed by atoms with Gasteiger partial charge in [-0.15, -0.1) is 0 Å². The van der Waals surface area contributed by atoms with E-state index in [2.05, 4.69) is 15.6 Å². The van der Waals surface area contributed by atoms with Crippen molar-refractivity contribution in [2.45, 2.75) is 118 Å². The lowest BCUT2D eigenvalue weighted by atomic mass is 9.82. The Morgan fingerprint density at radius 3 is 2.20 bits per heavy atom. The predicted octanol–water partition coefficient (Wildman–Crippen LogP) is 7.28. The fraction of sp³-hybridized carbons (Fsp3) is 0.538. The molecule has 0 bridgehead atoms. The molecule has 2 aliphatic rings. The number of aliphatic imine (C=N–C) groups is 1. The summed E-state index contributed by atoms with van der Waals surface area (Å²) in [6.07, 6.45) is 4.73. The quantitative estimate of drug-likeness (QED) is 0.294. The summed E-state index contributed by atoms with van der Waals surface area (Å²) >= 11 is 0. The number of ether oxygens (including phenoxy) is 2. The van der Waals surface area contributed by atoms with Gasteiger partial charge in [0, 0.05) is 49.3 Å². The number of anilines is 1. The number of hydrogen-bond donors (Lipinski definition) is 2. The Hall–Kier alpha value is -4.74. The highest BCUT2D eigenvalue weighted by Gasteiger charge is 2.33. The van der Waals surface area contributed by atoms with E-state index >= 15 is 0 Å². The average molecular weight is 703 g/mol. The zero-order valence-corrected chi connectivity index (χ0v) is 31.9. The molecule has 51 heavy (non-hydrogen) atoms. The number of hydrogen-bond acceptors (Lipinski definition) is 8. The number of amidine groups is 1. The number of pyridine rings is 1. The molecule has 0 atom stereocenters.